The summed E-state index contributed by atoms with van der Waals surface area (Å²) in [5, 5.41) is 8.96. The van der Waals surface area contributed by atoms with Gasteiger partial charge in [0.15, 0.2) is 0 Å². The molecule has 6 nitrogen and oxygen atoms in total. The van der Waals surface area contributed by atoms with E-state index < -0.39 is 5.97 Å². The number of benzene rings is 1. The molecular weight excluding hydrogens is 292 g/mol. The van der Waals surface area contributed by atoms with Gasteiger partial charge in [0.1, 0.15) is 0 Å². The molecule has 0 saturated carbocycles. The Kier molecular flexibility index (Phi) is 4.41. The van der Waals surface area contributed by atoms with Gasteiger partial charge in [-0.2, -0.15) is 0 Å². The number of aromatic carboxylic acids is 1. The van der Waals surface area contributed by atoms with Crippen LogP contribution in [0.4, 0.5) is 11.6 Å². The first-order valence-corrected chi connectivity index (χ1v) is 7.73. The van der Waals surface area contributed by atoms with Crippen LogP contribution in [-0.4, -0.2) is 47.2 Å². The summed E-state index contributed by atoms with van der Waals surface area (Å²) in [6.07, 6.45) is 5.57. The van der Waals surface area contributed by atoms with E-state index in [0.29, 0.717) is 11.6 Å². The molecule has 1 aromatic heterocycles. The van der Waals surface area contributed by atoms with Crippen LogP contribution in [0.1, 0.15) is 23.2 Å². The first-order chi connectivity index (χ1) is 11.1. The third kappa shape index (κ3) is 3.41. The highest BCUT2D eigenvalue weighted by molar-refractivity contribution is 5.88. The highest BCUT2D eigenvalue weighted by Gasteiger charge is 2.24. The van der Waals surface area contributed by atoms with E-state index in [1.165, 1.54) is 0 Å². The summed E-state index contributed by atoms with van der Waals surface area (Å²) in [4.78, 5) is 24.0. The fourth-order valence-electron chi connectivity index (χ4n) is 2.96. The van der Waals surface area contributed by atoms with E-state index in [-0.39, 0.29) is 0 Å². The van der Waals surface area contributed by atoms with Crippen LogP contribution in [0, 0.1) is 0 Å². The van der Waals surface area contributed by atoms with Gasteiger partial charge in [-0.25, -0.2) is 14.8 Å². The lowest BCUT2D eigenvalue weighted by Gasteiger charge is -2.37. The van der Waals surface area contributed by atoms with E-state index in [1.807, 2.05) is 25.2 Å². The van der Waals surface area contributed by atoms with Gasteiger partial charge in [0, 0.05) is 44.3 Å². The molecule has 23 heavy (non-hydrogen) atoms. The quantitative estimate of drug-likeness (QED) is 0.934. The highest BCUT2D eigenvalue weighted by atomic mass is 16.4. The molecule has 2 heterocycles. The summed E-state index contributed by atoms with van der Waals surface area (Å²) < 4.78 is 0. The van der Waals surface area contributed by atoms with Crippen molar-refractivity contribution in [3.05, 3.63) is 48.3 Å². The van der Waals surface area contributed by atoms with E-state index in [2.05, 4.69) is 19.8 Å². The number of nitrogens with zero attached hydrogens (tertiary/aromatic N) is 4. The lowest BCUT2D eigenvalue weighted by atomic mass is 10.0. The molecule has 0 aliphatic carbocycles. The van der Waals surface area contributed by atoms with Gasteiger partial charge in [-0.05, 0) is 43.2 Å². The lowest BCUT2D eigenvalue weighted by molar-refractivity contribution is 0.0697. The van der Waals surface area contributed by atoms with Gasteiger partial charge in [0.25, 0.3) is 0 Å². The van der Waals surface area contributed by atoms with E-state index in [0.717, 1.165) is 37.6 Å². The molecule has 0 bridgehead atoms. The topological polar surface area (TPSA) is 69.6 Å². The number of carboxylic acid groups (broad SMARTS) is 1. The van der Waals surface area contributed by atoms with Crippen molar-refractivity contribution < 1.29 is 9.90 Å². The summed E-state index contributed by atoms with van der Waals surface area (Å²) in [5.41, 5.74) is 1.40. The van der Waals surface area contributed by atoms with E-state index in [9.17, 15) is 4.79 Å². The van der Waals surface area contributed by atoms with Crippen molar-refractivity contribution in [3.63, 3.8) is 0 Å². The van der Waals surface area contributed by atoms with E-state index in [1.54, 1.807) is 24.5 Å². The molecule has 3 rings (SSSR count). The molecule has 0 atom stereocenters. The van der Waals surface area contributed by atoms with Gasteiger partial charge in [-0.3, -0.25) is 0 Å². The summed E-state index contributed by atoms with van der Waals surface area (Å²) in [6.45, 7) is 1.88. The number of hydrogen-bond donors (Lipinski definition) is 1. The molecule has 0 spiro atoms. The molecule has 1 saturated heterocycles. The minimum Gasteiger partial charge on any atom is -0.478 e. The number of piperidine rings is 1. The molecule has 6 heteroatoms. The molecule has 120 valence electrons. The number of carbonyl (C=O) groups is 1. The fourth-order valence-corrected chi connectivity index (χ4v) is 2.96. The molecule has 0 unspecified atom stereocenters. The van der Waals surface area contributed by atoms with Gasteiger partial charge >= 0.3 is 5.97 Å². The molecule has 2 aromatic rings. The smallest absolute Gasteiger partial charge is 0.335 e. The van der Waals surface area contributed by atoms with E-state index in [4.69, 9.17) is 5.11 Å². The van der Waals surface area contributed by atoms with Crippen LogP contribution in [0.2, 0.25) is 0 Å². The normalized spacial score (nSPS) is 15.4. The Balaban J connectivity index is 1.61. The molecule has 1 fully saturated rings. The summed E-state index contributed by atoms with van der Waals surface area (Å²) in [6, 6.07) is 9.33. The monoisotopic (exact) mass is 312 g/mol. The Hall–Kier alpha value is -2.63. The Bertz CT molecular complexity index is 652. The molecule has 1 aliphatic rings. The summed E-state index contributed by atoms with van der Waals surface area (Å²) in [5.74, 6) is -0.128. The molecular formula is C17H20N4O2. The summed E-state index contributed by atoms with van der Waals surface area (Å²) >= 11 is 0. The second-order valence-corrected chi connectivity index (χ2v) is 5.73. The second kappa shape index (κ2) is 6.64. The van der Waals surface area contributed by atoms with Crippen molar-refractivity contribution in [2.24, 2.45) is 0 Å². The number of aromatic nitrogens is 2. The van der Waals surface area contributed by atoms with Crippen LogP contribution in [-0.2, 0) is 0 Å². The molecule has 0 radical (unpaired) electrons. The zero-order valence-electron chi connectivity index (χ0n) is 13.1. The maximum absolute atomic E-state index is 10.9. The second-order valence-electron chi connectivity index (χ2n) is 5.73. The first-order valence-electron chi connectivity index (χ1n) is 7.73. The van der Waals surface area contributed by atoms with Crippen molar-refractivity contribution in [1.29, 1.82) is 0 Å². The minimum absolute atomic E-state index is 0.324. The Labute approximate surface area is 135 Å². The number of anilines is 2. The molecule has 1 N–H and O–H groups in total. The Morgan fingerprint density at radius 1 is 1.17 bits per heavy atom. The number of hydrogen-bond acceptors (Lipinski definition) is 5. The van der Waals surface area contributed by atoms with Gasteiger partial charge in [0.2, 0.25) is 5.95 Å². The maximum atomic E-state index is 10.9. The molecule has 1 aromatic carbocycles. The van der Waals surface area contributed by atoms with Crippen LogP contribution in [0.15, 0.2) is 42.7 Å². The van der Waals surface area contributed by atoms with Crippen LogP contribution < -0.4 is 9.80 Å². The van der Waals surface area contributed by atoms with Gasteiger partial charge in [0.05, 0.1) is 5.56 Å². The highest BCUT2D eigenvalue weighted by Crippen LogP contribution is 2.24. The average molecular weight is 312 g/mol. The van der Waals surface area contributed by atoms with Crippen molar-refractivity contribution in [2.75, 3.05) is 29.9 Å². The zero-order chi connectivity index (χ0) is 16.2. The fraction of sp³-hybridized carbons (Fsp3) is 0.353. The predicted molar refractivity (Wildman–Crippen MR) is 89.1 cm³/mol. The number of carboxylic acids is 1. The molecule has 0 amide bonds. The maximum Gasteiger partial charge on any atom is 0.335 e. The third-order valence-electron chi connectivity index (χ3n) is 4.36. The summed E-state index contributed by atoms with van der Waals surface area (Å²) in [7, 11) is 2.04. The Morgan fingerprint density at radius 2 is 1.78 bits per heavy atom. The van der Waals surface area contributed by atoms with Crippen molar-refractivity contribution in [1.82, 2.24) is 9.97 Å². The molecule has 1 aliphatic heterocycles. The van der Waals surface area contributed by atoms with Gasteiger partial charge in [-0.1, -0.05) is 0 Å². The van der Waals surface area contributed by atoms with Crippen LogP contribution in [0.3, 0.4) is 0 Å². The van der Waals surface area contributed by atoms with E-state index >= 15 is 0 Å². The first kappa shape index (κ1) is 15.3. The predicted octanol–water partition coefficient (Wildman–Crippen LogP) is 2.28. The van der Waals surface area contributed by atoms with Gasteiger partial charge < -0.3 is 14.9 Å². The average Bonchev–Trinajstić information content (AvgIpc) is 2.62. The van der Waals surface area contributed by atoms with Crippen LogP contribution in [0.25, 0.3) is 0 Å². The van der Waals surface area contributed by atoms with Crippen molar-refractivity contribution in [3.8, 4) is 0 Å². The van der Waals surface area contributed by atoms with Crippen LogP contribution in [0.5, 0.6) is 0 Å². The zero-order valence-corrected chi connectivity index (χ0v) is 13.1. The van der Waals surface area contributed by atoms with Gasteiger partial charge in [-0.15, -0.1) is 0 Å². The van der Waals surface area contributed by atoms with Crippen molar-refractivity contribution >= 4 is 17.6 Å². The Morgan fingerprint density at radius 3 is 2.35 bits per heavy atom. The minimum atomic E-state index is -0.889. The third-order valence-corrected chi connectivity index (χ3v) is 4.36. The van der Waals surface area contributed by atoms with Crippen molar-refractivity contribution in [2.45, 2.75) is 18.9 Å². The van der Waals surface area contributed by atoms with Crippen LogP contribution >= 0.6 is 0 Å². The number of rotatable bonds is 4. The standard InChI is InChI=1S/C17H20N4O2/c1-20(17-18-9-2-10-19-17)14-7-11-21(12-8-14)15-5-3-13(4-6-15)16(22)23/h2-6,9-10,14H,7-8,11-12H2,1H3,(H,22,23). The largest absolute Gasteiger partial charge is 0.478 e. The lowest BCUT2D eigenvalue weighted by Crippen LogP contribution is -2.44. The SMILES string of the molecule is CN(c1ncccn1)C1CCN(c2ccc(C(=O)O)cc2)CC1.